The summed E-state index contributed by atoms with van der Waals surface area (Å²) in [7, 11) is 0. The van der Waals surface area contributed by atoms with E-state index in [1.807, 2.05) is 11.8 Å². The molecule has 1 saturated heterocycles. The lowest BCUT2D eigenvalue weighted by atomic mass is 10.00. The van der Waals surface area contributed by atoms with Gasteiger partial charge < -0.3 is 4.74 Å². The lowest BCUT2D eigenvalue weighted by Crippen LogP contribution is -2.48. The number of hydrogen-bond acceptors (Lipinski definition) is 3. The summed E-state index contributed by atoms with van der Waals surface area (Å²) < 4.78 is 5.51. The van der Waals surface area contributed by atoms with Gasteiger partial charge in [-0.15, -0.1) is 23.4 Å². The molecule has 18 heavy (non-hydrogen) atoms. The Balaban J connectivity index is 1.70. The molecule has 1 fully saturated rings. The molecule has 1 aromatic rings. The number of benzene rings is 1. The van der Waals surface area contributed by atoms with Crippen LogP contribution in [0.3, 0.4) is 0 Å². The molecule has 98 valence electrons. The minimum atomic E-state index is 0.387. The van der Waals surface area contributed by atoms with Crippen LogP contribution >= 0.6 is 23.4 Å². The smallest absolute Gasteiger partial charge is 0.0634 e. The second-order valence-corrected chi connectivity index (χ2v) is 6.29. The van der Waals surface area contributed by atoms with Crippen LogP contribution in [-0.2, 0) is 4.74 Å². The van der Waals surface area contributed by atoms with Crippen molar-refractivity contribution >= 4 is 23.4 Å². The molecule has 2 aliphatic heterocycles. The highest BCUT2D eigenvalue weighted by Crippen LogP contribution is 2.39. The van der Waals surface area contributed by atoms with Crippen LogP contribution in [0.15, 0.2) is 29.2 Å². The third-order valence-corrected chi connectivity index (χ3v) is 5.39. The molecule has 0 aromatic heterocycles. The van der Waals surface area contributed by atoms with Crippen molar-refractivity contribution in [2.75, 3.05) is 37.9 Å². The molecule has 0 radical (unpaired) electrons. The largest absolute Gasteiger partial charge is 0.378 e. The molecule has 0 saturated carbocycles. The number of thioether (sulfide) groups is 1. The van der Waals surface area contributed by atoms with Crippen LogP contribution < -0.4 is 0 Å². The van der Waals surface area contributed by atoms with Crippen molar-refractivity contribution in [1.29, 1.82) is 0 Å². The van der Waals surface area contributed by atoms with E-state index < -0.39 is 0 Å². The number of rotatable bonds is 3. The van der Waals surface area contributed by atoms with Gasteiger partial charge in [-0.1, -0.05) is 18.2 Å². The second-order valence-electron chi connectivity index (χ2n) is 4.92. The average molecular weight is 284 g/mol. The highest BCUT2D eigenvalue weighted by molar-refractivity contribution is 7.99. The maximum Gasteiger partial charge on any atom is 0.0634 e. The van der Waals surface area contributed by atoms with Crippen LogP contribution in [0, 0.1) is 0 Å². The van der Waals surface area contributed by atoms with Gasteiger partial charge in [-0.25, -0.2) is 0 Å². The molecule has 0 spiro atoms. The minimum absolute atomic E-state index is 0.387. The monoisotopic (exact) mass is 283 g/mol. The molecule has 2 unspecified atom stereocenters. The van der Waals surface area contributed by atoms with Crippen molar-refractivity contribution in [3.8, 4) is 0 Å². The predicted molar refractivity (Wildman–Crippen MR) is 76.8 cm³/mol. The Labute approximate surface area is 118 Å². The van der Waals surface area contributed by atoms with Crippen LogP contribution in [-0.4, -0.2) is 48.9 Å². The number of ether oxygens (including phenoxy) is 1. The van der Waals surface area contributed by atoms with E-state index in [1.165, 1.54) is 16.2 Å². The summed E-state index contributed by atoms with van der Waals surface area (Å²) in [4.78, 5) is 3.96. The van der Waals surface area contributed by atoms with E-state index in [0.29, 0.717) is 17.8 Å². The van der Waals surface area contributed by atoms with Gasteiger partial charge in [-0.3, -0.25) is 4.90 Å². The number of nitrogens with zero attached hydrogens (tertiary/aromatic N) is 1. The van der Waals surface area contributed by atoms with Crippen LogP contribution in [0.5, 0.6) is 0 Å². The van der Waals surface area contributed by atoms with Gasteiger partial charge in [0.15, 0.2) is 0 Å². The molecule has 0 aliphatic carbocycles. The summed E-state index contributed by atoms with van der Waals surface area (Å²) in [6, 6.07) is 9.17. The molecule has 2 atom stereocenters. The molecule has 2 aliphatic rings. The number of hydrogen-bond donors (Lipinski definition) is 0. The van der Waals surface area contributed by atoms with Gasteiger partial charge in [0.1, 0.15) is 0 Å². The number of fused-ring (bicyclic) bond motifs is 1. The Morgan fingerprint density at radius 1 is 1.39 bits per heavy atom. The van der Waals surface area contributed by atoms with Gasteiger partial charge in [-0.05, 0) is 11.6 Å². The fourth-order valence-electron chi connectivity index (χ4n) is 2.74. The Kier molecular flexibility index (Phi) is 4.14. The quantitative estimate of drug-likeness (QED) is 0.792. The molecule has 0 bridgehead atoms. The van der Waals surface area contributed by atoms with Crippen LogP contribution in [0.1, 0.15) is 11.5 Å². The van der Waals surface area contributed by atoms with Crippen molar-refractivity contribution in [1.82, 2.24) is 4.90 Å². The number of morpholine rings is 1. The molecule has 4 heteroatoms. The summed E-state index contributed by atoms with van der Waals surface area (Å²) in [5.41, 5.74) is 1.52. The van der Waals surface area contributed by atoms with Crippen LogP contribution in [0.2, 0.25) is 0 Å². The minimum Gasteiger partial charge on any atom is -0.378 e. The zero-order chi connectivity index (χ0) is 12.4. The van der Waals surface area contributed by atoms with E-state index in [2.05, 4.69) is 29.2 Å². The van der Waals surface area contributed by atoms with Gasteiger partial charge in [0.2, 0.25) is 0 Å². The summed E-state index contributed by atoms with van der Waals surface area (Å²) in [5, 5.41) is 0. The second kappa shape index (κ2) is 5.83. The van der Waals surface area contributed by atoms with E-state index in [9.17, 15) is 0 Å². The summed E-state index contributed by atoms with van der Waals surface area (Å²) in [6.07, 6.45) is 0. The first-order valence-electron chi connectivity index (χ1n) is 6.48. The zero-order valence-corrected chi connectivity index (χ0v) is 11.9. The fourth-order valence-corrected chi connectivity index (χ4v) is 4.26. The van der Waals surface area contributed by atoms with Gasteiger partial charge in [0.25, 0.3) is 0 Å². The predicted octanol–water partition coefficient (Wildman–Crippen LogP) is 2.82. The van der Waals surface area contributed by atoms with Gasteiger partial charge in [-0.2, -0.15) is 0 Å². The number of halogens is 1. The summed E-state index contributed by atoms with van der Waals surface area (Å²) >= 11 is 8.02. The Morgan fingerprint density at radius 3 is 3.17 bits per heavy atom. The van der Waals surface area contributed by atoms with Gasteiger partial charge in [0.05, 0.1) is 13.2 Å². The first-order chi connectivity index (χ1) is 8.88. The molecule has 0 N–H and O–H groups in total. The Morgan fingerprint density at radius 2 is 2.28 bits per heavy atom. The Bertz CT molecular complexity index is 415. The maximum atomic E-state index is 6.03. The van der Waals surface area contributed by atoms with E-state index in [-0.39, 0.29) is 0 Å². The van der Waals surface area contributed by atoms with Crippen molar-refractivity contribution < 1.29 is 4.74 Å². The molecular weight excluding hydrogens is 266 g/mol. The van der Waals surface area contributed by atoms with E-state index in [0.717, 1.165) is 26.3 Å². The summed E-state index contributed by atoms with van der Waals surface area (Å²) in [5.74, 6) is 2.52. The third kappa shape index (κ3) is 2.55. The van der Waals surface area contributed by atoms with E-state index in [4.69, 9.17) is 16.3 Å². The highest BCUT2D eigenvalue weighted by Gasteiger charge is 2.29. The van der Waals surface area contributed by atoms with Crippen molar-refractivity contribution in [2.24, 2.45) is 0 Å². The van der Waals surface area contributed by atoms with Gasteiger partial charge >= 0.3 is 0 Å². The van der Waals surface area contributed by atoms with Gasteiger partial charge in [0, 0.05) is 41.6 Å². The first kappa shape index (κ1) is 12.8. The summed E-state index contributed by atoms with van der Waals surface area (Å²) in [6.45, 7) is 3.76. The normalized spacial score (nSPS) is 28.3. The molecule has 1 aromatic carbocycles. The van der Waals surface area contributed by atoms with Crippen molar-refractivity contribution in [3.63, 3.8) is 0 Å². The molecule has 3 rings (SSSR count). The first-order valence-corrected chi connectivity index (χ1v) is 8.00. The fraction of sp³-hybridized carbons (Fsp3) is 0.571. The highest BCUT2D eigenvalue weighted by atomic mass is 35.5. The maximum absolute atomic E-state index is 6.03. The molecular formula is C14H18ClNOS. The third-order valence-electron chi connectivity index (χ3n) is 3.78. The van der Waals surface area contributed by atoms with E-state index in [1.54, 1.807) is 0 Å². The molecule has 2 heterocycles. The average Bonchev–Trinajstić information content (AvgIpc) is 2.83. The Hall–Kier alpha value is -0.220. The van der Waals surface area contributed by atoms with Crippen LogP contribution in [0.4, 0.5) is 0 Å². The molecule has 0 amide bonds. The standard InChI is InChI=1S/C14H18ClNOS/c15-7-12-9-17-6-5-16(12)8-11-10-18-14-4-2-1-3-13(11)14/h1-4,11-12H,5-10H2. The topological polar surface area (TPSA) is 12.5 Å². The SMILES string of the molecule is ClCC1COCCN1CC1CSc2ccccc21. The zero-order valence-electron chi connectivity index (χ0n) is 10.3. The van der Waals surface area contributed by atoms with Crippen molar-refractivity contribution in [3.05, 3.63) is 29.8 Å². The van der Waals surface area contributed by atoms with Crippen molar-refractivity contribution in [2.45, 2.75) is 16.9 Å². The van der Waals surface area contributed by atoms with E-state index >= 15 is 0 Å². The van der Waals surface area contributed by atoms with Crippen LogP contribution in [0.25, 0.3) is 0 Å². The lowest BCUT2D eigenvalue weighted by Gasteiger charge is -2.36. The number of alkyl halides is 1. The molecule has 2 nitrogen and oxygen atoms in total. The lowest BCUT2D eigenvalue weighted by molar-refractivity contribution is -0.000808.